The fourth-order valence-corrected chi connectivity index (χ4v) is 1.53. The number of amides is 1. The first kappa shape index (κ1) is 11.5. The van der Waals surface area contributed by atoms with E-state index in [1.165, 1.54) is 0 Å². The minimum Gasteiger partial charge on any atom is -0.353 e. The fourth-order valence-electron chi connectivity index (χ4n) is 1.53. The third-order valence-corrected chi connectivity index (χ3v) is 3.58. The van der Waals surface area contributed by atoms with Gasteiger partial charge in [-0.25, -0.2) is 0 Å². The summed E-state index contributed by atoms with van der Waals surface area (Å²) in [6, 6.07) is 0.261. The summed E-state index contributed by atoms with van der Waals surface area (Å²) >= 11 is 0. The zero-order valence-corrected chi connectivity index (χ0v) is 9.47. The van der Waals surface area contributed by atoms with Gasteiger partial charge in [0.1, 0.15) is 0 Å². The molecule has 3 heteroatoms. The van der Waals surface area contributed by atoms with E-state index < -0.39 is 0 Å². The van der Waals surface area contributed by atoms with Crippen LogP contribution in [0.2, 0.25) is 0 Å². The van der Waals surface area contributed by atoms with Crippen LogP contribution >= 0.6 is 0 Å². The van der Waals surface area contributed by atoms with E-state index in [1.807, 2.05) is 0 Å². The first-order valence-corrected chi connectivity index (χ1v) is 5.57. The third-order valence-electron chi connectivity index (χ3n) is 3.58. The van der Waals surface area contributed by atoms with Gasteiger partial charge in [0.2, 0.25) is 5.91 Å². The number of nitrogens with two attached hydrogens (primary N) is 1. The summed E-state index contributed by atoms with van der Waals surface area (Å²) < 4.78 is 0. The number of hydrogen-bond donors (Lipinski definition) is 2. The predicted octanol–water partition coefficient (Wildman–Crippen LogP) is 1.28. The van der Waals surface area contributed by atoms with Crippen LogP contribution in [0.25, 0.3) is 0 Å². The van der Waals surface area contributed by atoms with E-state index >= 15 is 0 Å². The van der Waals surface area contributed by atoms with Crippen LogP contribution < -0.4 is 11.1 Å². The Bertz CT molecular complexity index is 211. The maximum Gasteiger partial charge on any atom is 0.227 e. The zero-order valence-electron chi connectivity index (χ0n) is 9.47. The number of nitrogens with one attached hydrogen (secondary N) is 1. The number of hydrogen-bond acceptors (Lipinski definition) is 2. The van der Waals surface area contributed by atoms with Crippen LogP contribution in [0, 0.1) is 11.3 Å². The summed E-state index contributed by atoms with van der Waals surface area (Å²) in [4.78, 5) is 11.8. The van der Waals surface area contributed by atoms with Crippen molar-refractivity contribution in [2.24, 2.45) is 17.1 Å². The summed E-state index contributed by atoms with van der Waals surface area (Å²) in [6.07, 6.45) is 3.02. The van der Waals surface area contributed by atoms with Gasteiger partial charge in [0, 0.05) is 12.6 Å². The molecule has 0 heterocycles. The molecule has 3 nitrogen and oxygen atoms in total. The molecule has 0 aromatic carbocycles. The van der Waals surface area contributed by atoms with Crippen LogP contribution in [0.5, 0.6) is 0 Å². The molecule has 2 atom stereocenters. The molecule has 3 N–H and O–H groups in total. The topological polar surface area (TPSA) is 55.1 Å². The van der Waals surface area contributed by atoms with Crippen molar-refractivity contribution in [3.8, 4) is 0 Å². The minimum atomic E-state index is -0.207. The molecule has 0 aromatic heterocycles. The van der Waals surface area contributed by atoms with Gasteiger partial charge < -0.3 is 11.1 Å². The second-order valence-electron chi connectivity index (χ2n) is 4.63. The standard InChI is InChI=1S/C11H22N2O/c1-4-8(2)9(3)13-10(14)11(7-12)5-6-11/h8-9H,4-7,12H2,1-3H3,(H,13,14). The molecule has 1 fully saturated rings. The highest BCUT2D eigenvalue weighted by atomic mass is 16.2. The first-order chi connectivity index (χ1) is 6.55. The molecular formula is C11H22N2O. The van der Waals surface area contributed by atoms with E-state index in [0.29, 0.717) is 12.5 Å². The van der Waals surface area contributed by atoms with Crippen LogP contribution in [0.1, 0.15) is 40.0 Å². The van der Waals surface area contributed by atoms with Crippen molar-refractivity contribution < 1.29 is 4.79 Å². The van der Waals surface area contributed by atoms with E-state index in [1.54, 1.807) is 0 Å². The van der Waals surface area contributed by atoms with Gasteiger partial charge >= 0.3 is 0 Å². The molecule has 0 spiro atoms. The molecule has 1 amide bonds. The predicted molar refractivity (Wildman–Crippen MR) is 57.8 cm³/mol. The third kappa shape index (κ3) is 2.27. The quantitative estimate of drug-likeness (QED) is 0.699. The van der Waals surface area contributed by atoms with E-state index in [-0.39, 0.29) is 17.4 Å². The highest BCUT2D eigenvalue weighted by Crippen LogP contribution is 2.44. The SMILES string of the molecule is CCC(C)C(C)NC(=O)C1(CN)CC1. The molecular weight excluding hydrogens is 176 g/mol. The molecule has 1 saturated carbocycles. The highest BCUT2D eigenvalue weighted by molar-refractivity contribution is 5.85. The van der Waals surface area contributed by atoms with Gasteiger partial charge in [-0.05, 0) is 25.7 Å². The molecule has 0 aliphatic heterocycles. The van der Waals surface area contributed by atoms with Crippen molar-refractivity contribution >= 4 is 5.91 Å². The van der Waals surface area contributed by atoms with Crippen molar-refractivity contribution in [1.29, 1.82) is 0 Å². The van der Waals surface area contributed by atoms with Gasteiger partial charge in [-0.1, -0.05) is 20.3 Å². The van der Waals surface area contributed by atoms with Crippen LogP contribution in [-0.4, -0.2) is 18.5 Å². The molecule has 1 rings (SSSR count). The minimum absolute atomic E-state index is 0.160. The highest BCUT2D eigenvalue weighted by Gasteiger charge is 2.48. The normalized spacial score (nSPS) is 22.6. The molecule has 0 aromatic rings. The summed E-state index contributed by atoms with van der Waals surface area (Å²) in [5.74, 6) is 0.695. The van der Waals surface area contributed by atoms with Gasteiger partial charge in [-0.3, -0.25) is 4.79 Å². The van der Waals surface area contributed by atoms with Gasteiger partial charge in [0.15, 0.2) is 0 Å². The van der Waals surface area contributed by atoms with Crippen LogP contribution in [-0.2, 0) is 4.79 Å². The van der Waals surface area contributed by atoms with E-state index in [9.17, 15) is 4.79 Å². The second kappa shape index (κ2) is 4.30. The molecule has 1 aliphatic carbocycles. The lowest BCUT2D eigenvalue weighted by Gasteiger charge is -2.22. The zero-order chi connectivity index (χ0) is 10.8. The fraction of sp³-hybridized carbons (Fsp3) is 0.909. The Labute approximate surface area is 86.4 Å². The maximum atomic E-state index is 11.8. The second-order valence-corrected chi connectivity index (χ2v) is 4.63. The van der Waals surface area contributed by atoms with E-state index in [4.69, 9.17) is 5.73 Å². The Balaban J connectivity index is 2.41. The molecule has 82 valence electrons. The Kier molecular flexibility index (Phi) is 3.53. The van der Waals surface area contributed by atoms with Gasteiger partial charge in [-0.2, -0.15) is 0 Å². The Morgan fingerprint density at radius 1 is 1.50 bits per heavy atom. The number of rotatable bonds is 5. The van der Waals surface area contributed by atoms with Crippen molar-refractivity contribution in [2.45, 2.75) is 46.1 Å². The lowest BCUT2D eigenvalue weighted by molar-refractivity contribution is -0.126. The van der Waals surface area contributed by atoms with Crippen LogP contribution in [0.3, 0.4) is 0 Å². The molecule has 0 bridgehead atoms. The smallest absolute Gasteiger partial charge is 0.227 e. The molecule has 14 heavy (non-hydrogen) atoms. The lowest BCUT2D eigenvalue weighted by Crippen LogP contribution is -2.43. The van der Waals surface area contributed by atoms with Crippen molar-refractivity contribution in [2.75, 3.05) is 6.54 Å². The van der Waals surface area contributed by atoms with Gasteiger partial charge in [0.25, 0.3) is 0 Å². The first-order valence-electron chi connectivity index (χ1n) is 5.57. The molecule has 0 radical (unpaired) electrons. The average molecular weight is 198 g/mol. The Hall–Kier alpha value is -0.570. The summed E-state index contributed by atoms with van der Waals surface area (Å²) in [5, 5.41) is 3.07. The van der Waals surface area contributed by atoms with Crippen LogP contribution in [0.4, 0.5) is 0 Å². The van der Waals surface area contributed by atoms with Crippen molar-refractivity contribution in [3.63, 3.8) is 0 Å². The average Bonchev–Trinajstić information content (AvgIpc) is 2.96. The molecule has 1 aliphatic rings. The maximum absolute atomic E-state index is 11.8. The summed E-state index contributed by atoms with van der Waals surface area (Å²) in [6.45, 7) is 6.86. The monoisotopic (exact) mass is 198 g/mol. The van der Waals surface area contributed by atoms with E-state index in [0.717, 1.165) is 19.3 Å². The van der Waals surface area contributed by atoms with Gasteiger partial charge in [0.05, 0.1) is 5.41 Å². The summed E-state index contributed by atoms with van der Waals surface area (Å²) in [7, 11) is 0. The molecule has 2 unspecified atom stereocenters. The number of carbonyl (C=O) groups is 1. The van der Waals surface area contributed by atoms with Crippen LogP contribution in [0.15, 0.2) is 0 Å². The lowest BCUT2D eigenvalue weighted by atomic mass is 9.99. The van der Waals surface area contributed by atoms with Crippen molar-refractivity contribution in [3.05, 3.63) is 0 Å². The Morgan fingerprint density at radius 3 is 2.43 bits per heavy atom. The Morgan fingerprint density at radius 2 is 2.07 bits per heavy atom. The molecule has 0 saturated heterocycles. The van der Waals surface area contributed by atoms with Crippen molar-refractivity contribution in [1.82, 2.24) is 5.32 Å². The largest absolute Gasteiger partial charge is 0.353 e. The van der Waals surface area contributed by atoms with E-state index in [2.05, 4.69) is 26.1 Å². The number of carbonyl (C=O) groups excluding carboxylic acids is 1. The summed E-state index contributed by atoms with van der Waals surface area (Å²) in [5.41, 5.74) is 5.39. The van der Waals surface area contributed by atoms with Gasteiger partial charge in [-0.15, -0.1) is 0 Å².